The molecule has 12 heavy (non-hydrogen) atoms. The highest BCUT2D eigenvalue weighted by Crippen LogP contribution is 1.50. The van der Waals surface area contributed by atoms with E-state index < -0.39 is 0 Å². The molecule has 0 saturated carbocycles. The third-order valence-electron chi connectivity index (χ3n) is 0. The van der Waals surface area contributed by atoms with E-state index in [1.165, 1.54) is 27.7 Å². The first kappa shape index (κ1) is 22.5. The quantitative estimate of drug-likeness (QED) is 0.568. The van der Waals surface area contributed by atoms with Crippen LogP contribution in [-0.2, 0) is 9.59 Å². The van der Waals surface area contributed by atoms with Gasteiger partial charge in [-0.15, -0.1) is 0 Å². The topological polar surface area (TPSA) is 34.1 Å². The Morgan fingerprint density at radius 3 is 0.583 bits per heavy atom. The number of Topliss-reactive ketones (excluding diaryl/α,β-unsaturated/α-hetero) is 2. The van der Waals surface area contributed by atoms with E-state index in [2.05, 4.69) is 0 Å². The summed E-state index contributed by atoms with van der Waals surface area (Å²) in [6.45, 7) is 14.1. The second kappa shape index (κ2) is 31.6. The molecule has 0 fully saturated rings. The molecule has 0 amide bonds. The van der Waals surface area contributed by atoms with Crippen molar-refractivity contribution in [1.82, 2.24) is 0 Å². The van der Waals surface area contributed by atoms with Gasteiger partial charge in [-0.05, 0) is 27.7 Å². The molecule has 0 aliphatic heterocycles. The van der Waals surface area contributed by atoms with Gasteiger partial charge < -0.3 is 9.59 Å². The minimum absolute atomic E-state index is 0.167. The van der Waals surface area contributed by atoms with E-state index in [4.69, 9.17) is 0 Å². The van der Waals surface area contributed by atoms with Crippen LogP contribution in [0.4, 0.5) is 0 Å². The van der Waals surface area contributed by atoms with Crippen molar-refractivity contribution in [3.63, 3.8) is 0 Å². The van der Waals surface area contributed by atoms with Gasteiger partial charge in [0.25, 0.3) is 0 Å². The number of carbonyl (C=O) groups excluding carboxylic acids is 2. The maximum absolute atomic E-state index is 9.44. The van der Waals surface area contributed by atoms with Crippen molar-refractivity contribution in [2.45, 2.75) is 55.4 Å². The predicted molar refractivity (Wildman–Crippen MR) is 55.4 cm³/mol. The Morgan fingerprint density at radius 1 is 0.583 bits per heavy atom. The molecule has 0 atom stereocenters. The molecule has 0 bridgehead atoms. The summed E-state index contributed by atoms with van der Waals surface area (Å²) >= 11 is 0. The van der Waals surface area contributed by atoms with Crippen LogP contribution >= 0.6 is 0 Å². The first-order valence-corrected chi connectivity index (χ1v) is 4.41. The molecular formula is C10H24O2. The van der Waals surface area contributed by atoms with Gasteiger partial charge in [-0.25, -0.2) is 0 Å². The van der Waals surface area contributed by atoms with Crippen LogP contribution < -0.4 is 0 Å². The highest BCUT2D eigenvalue weighted by atomic mass is 16.1. The fourth-order valence-electron chi connectivity index (χ4n) is 0. The second-order valence-corrected chi connectivity index (χ2v) is 1.82. The van der Waals surface area contributed by atoms with Crippen molar-refractivity contribution >= 4 is 11.6 Å². The summed E-state index contributed by atoms with van der Waals surface area (Å²) in [7, 11) is 0. The molecule has 0 aliphatic carbocycles. The fraction of sp³-hybridized carbons (Fsp3) is 0.800. The molecule has 2 nitrogen and oxygen atoms in total. The summed E-state index contributed by atoms with van der Waals surface area (Å²) < 4.78 is 0. The Hall–Kier alpha value is -0.660. The van der Waals surface area contributed by atoms with Gasteiger partial charge in [0.2, 0.25) is 0 Å². The molecule has 0 unspecified atom stereocenters. The zero-order chi connectivity index (χ0) is 11.2. The van der Waals surface area contributed by atoms with Gasteiger partial charge in [-0.3, -0.25) is 0 Å². The number of rotatable bonds is 0. The maximum atomic E-state index is 9.44. The van der Waals surface area contributed by atoms with Crippen LogP contribution in [0.3, 0.4) is 0 Å². The van der Waals surface area contributed by atoms with Crippen LogP contribution in [0.15, 0.2) is 0 Å². The Balaban J connectivity index is -0.0000000380. The van der Waals surface area contributed by atoms with Crippen molar-refractivity contribution in [2.24, 2.45) is 0 Å². The van der Waals surface area contributed by atoms with Crippen molar-refractivity contribution in [2.75, 3.05) is 0 Å². The first-order valence-electron chi connectivity index (χ1n) is 4.41. The Labute approximate surface area is 77.4 Å². The van der Waals surface area contributed by atoms with Crippen LogP contribution in [0.2, 0.25) is 0 Å². The lowest BCUT2D eigenvalue weighted by molar-refractivity contribution is -0.115. The molecule has 2 heteroatoms. The molecule has 0 spiro atoms. The van der Waals surface area contributed by atoms with Gasteiger partial charge in [0.15, 0.2) is 0 Å². The summed E-state index contributed by atoms with van der Waals surface area (Å²) in [6.07, 6.45) is 0. The summed E-state index contributed by atoms with van der Waals surface area (Å²) in [5, 5.41) is 0. The van der Waals surface area contributed by atoms with Gasteiger partial charge in [-0.1, -0.05) is 27.7 Å². The van der Waals surface area contributed by atoms with Crippen LogP contribution in [0, 0.1) is 0 Å². The van der Waals surface area contributed by atoms with Gasteiger partial charge >= 0.3 is 0 Å². The maximum Gasteiger partial charge on any atom is 0.126 e. The predicted octanol–water partition coefficient (Wildman–Crippen LogP) is 3.24. The number of carbonyl (C=O) groups is 2. The average Bonchev–Trinajstić information content (AvgIpc) is 1.93. The molecule has 0 radical (unpaired) electrons. The summed E-state index contributed by atoms with van der Waals surface area (Å²) in [5.74, 6) is 0.333. The molecule has 76 valence electrons. The number of hydrogen-bond acceptors (Lipinski definition) is 2. The molecule has 0 aromatic rings. The number of hydrogen-bond donors (Lipinski definition) is 0. The Morgan fingerprint density at radius 2 is 0.583 bits per heavy atom. The van der Waals surface area contributed by atoms with Gasteiger partial charge in [0, 0.05) is 0 Å². The molecule has 0 saturated heterocycles. The Bertz CT molecular complexity index is 65.8. The van der Waals surface area contributed by atoms with Crippen LogP contribution in [0.1, 0.15) is 55.4 Å². The smallest absolute Gasteiger partial charge is 0.126 e. The highest BCUT2D eigenvalue weighted by Gasteiger charge is 1.62. The molecule has 0 aliphatic rings. The van der Waals surface area contributed by atoms with Gasteiger partial charge in [0.1, 0.15) is 11.6 Å². The SMILES string of the molecule is CC.CC.CC(C)=O.CC(C)=O. The standard InChI is InChI=1S/2C3H6O.2C2H6/c2*1-3(2)4;2*1-2/h2*1-2H3;2*1-2H3. The lowest BCUT2D eigenvalue weighted by atomic mass is 10.6. The third-order valence-corrected chi connectivity index (χ3v) is 0. The van der Waals surface area contributed by atoms with E-state index in [0.717, 1.165) is 0 Å². The van der Waals surface area contributed by atoms with E-state index in [1.54, 1.807) is 0 Å². The Kier molecular flexibility index (Phi) is 59.3. The molecular weight excluding hydrogens is 152 g/mol. The van der Waals surface area contributed by atoms with Crippen molar-refractivity contribution in [3.05, 3.63) is 0 Å². The van der Waals surface area contributed by atoms with Crippen molar-refractivity contribution < 1.29 is 9.59 Å². The van der Waals surface area contributed by atoms with E-state index >= 15 is 0 Å². The van der Waals surface area contributed by atoms with Crippen molar-refractivity contribution in [1.29, 1.82) is 0 Å². The normalized spacial score (nSPS) is 5.33. The van der Waals surface area contributed by atoms with Crippen LogP contribution in [0.5, 0.6) is 0 Å². The van der Waals surface area contributed by atoms with E-state index in [-0.39, 0.29) is 11.6 Å². The average molecular weight is 176 g/mol. The fourth-order valence-corrected chi connectivity index (χ4v) is 0. The zero-order valence-electron chi connectivity index (χ0n) is 9.82. The first-order chi connectivity index (χ1) is 5.46. The highest BCUT2D eigenvalue weighted by molar-refractivity contribution is 5.72. The van der Waals surface area contributed by atoms with E-state index in [9.17, 15) is 9.59 Å². The molecule has 0 rings (SSSR count). The van der Waals surface area contributed by atoms with Crippen LogP contribution in [0.25, 0.3) is 0 Å². The summed E-state index contributed by atoms with van der Waals surface area (Å²) in [4.78, 5) is 18.9. The van der Waals surface area contributed by atoms with Crippen LogP contribution in [-0.4, -0.2) is 11.6 Å². The second-order valence-electron chi connectivity index (χ2n) is 1.82. The summed E-state index contributed by atoms with van der Waals surface area (Å²) in [5.41, 5.74) is 0. The third kappa shape index (κ3) is 1490. The zero-order valence-corrected chi connectivity index (χ0v) is 9.82. The molecule has 0 heterocycles. The minimum atomic E-state index is 0.167. The molecule has 0 N–H and O–H groups in total. The van der Waals surface area contributed by atoms with Crippen molar-refractivity contribution in [3.8, 4) is 0 Å². The minimum Gasteiger partial charge on any atom is -0.300 e. The molecule has 0 aromatic heterocycles. The van der Waals surface area contributed by atoms with Gasteiger partial charge in [-0.2, -0.15) is 0 Å². The largest absolute Gasteiger partial charge is 0.300 e. The molecule has 0 aromatic carbocycles. The monoisotopic (exact) mass is 176 g/mol. The number of ketones is 2. The lowest BCUT2D eigenvalue weighted by Gasteiger charge is -1.56. The van der Waals surface area contributed by atoms with E-state index in [1.807, 2.05) is 27.7 Å². The lowest BCUT2D eigenvalue weighted by Crippen LogP contribution is -1.69. The van der Waals surface area contributed by atoms with E-state index in [0.29, 0.717) is 0 Å². The van der Waals surface area contributed by atoms with Gasteiger partial charge in [0.05, 0.1) is 0 Å². The summed E-state index contributed by atoms with van der Waals surface area (Å²) in [6, 6.07) is 0.